The minimum atomic E-state index is 0.126. The van der Waals surface area contributed by atoms with Gasteiger partial charge in [-0.05, 0) is 59.7 Å². The van der Waals surface area contributed by atoms with Crippen LogP contribution < -0.4 is 9.64 Å². The van der Waals surface area contributed by atoms with E-state index in [4.69, 9.17) is 9.72 Å². The lowest BCUT2D eigenvalue weighted by molar-refractivity contribution is 0.0565. The number of thiazole rings is 1. The normalized spacial score (nSPS) is 19.9. The van der Waals surface area contributed by atoms with Crippen LogP contribution in [0.1, 0.15) is 16.8 Å². The van der Waals surface area contributed by atoms with E-state index in [-0.39, 0.29) is 5.91 Å². The van der Waals surface area contributed by atoms with Crippen molar-refractivity contribution in [1.29, 1.82) is 0 Å². The van der Waals surface area contributed by atoms with E-state index < -0.39 is 0 Å². The molecule has 6 heteroatoms. The van der Waals surface area contributed by atoms with Gasteiger partial charge in [-0.1, -0.05) is 53.8 Å². The molecule has 2 fully saturated rings. The lowest BCUT2D eigenvalue weighted by Crippen LogP contribution is -2.54. The summed E-state index contributed by atoms with van der Waals surface area (Å²) in [5.41, 5.74) is 3.80. The number of benzene rings is 3. The van der Waals surface area contributed by atoms with Crippen molar-refractivity contribution in [2.45, 2.75) is 6.42 Å². The summed E-state index contributed by atoms with van der Waals surface area (Å²) in [5.74, 6) is 1.85. The van der Waals surface area contributed by atoms with Crippen LogP contribution in [0.2, 0.25) is 0 Å². The highest BCUT2D eigenvalue weighted by Gasteiger charge is 2.37. The number of hydrogen-bond acceptors (Lipinski definition) is 5. The fourth-order valence-corrected chi connectivity index (χ4v) is 6.46. The summed E-state index contributed by atoms with van der Waals surface area (Å²) in [6.45, 7) is 3.50. The first-order valence-electron chi connectivity index (χ1n) is 11.8. The second-order valence-electron chi connectivity index (χ2n) is 9.32. The Bertz CT molecular complexity index is 1300. The highest BCUT2D eigenvalue weighted by atomic mass is 32.1. The number of fused-ring (bicyclic) bond motifs is 3. The van der Waals surface area contributed by atoms with Crippen molar-refractivity contribution in [3.05, 3.63) is 78.4 Å². The van der Waals surface area contributed by atoms with Gasteiger partial charge in [-0.2, -0.15) is 0 Å². The molecule has 2 aliphatic heterocycles. The molecule has 0 N–H and O–H groups in total. The average molecular weight is 470 g/mol. The maximum Gasteiger partial charge on any atom is 0.254 e. The quantitative estimate of drug-likeness (QED) is 0.392. The van der Waals surface area contributed by atoms with Gasteiger partial charge in [0.1, 0.15) is 5.75 Å². The van der Waals surface area contributed by atoms with Crippen LogP contribution in [0, 0.1) is 11.8 Å². The van der Waals surface area contributed by atoms with Crippen LogP contribution in [-0.2, 0) is 0 Å². The maximum absolute atomic E-state index is 13.7. The first kappa shape index (κ1) is 21.2. The highest BCUT2D eigenvalue weighted by molar-refractivity contribution is 7.22. The number of nitrogens with zero attached hydrogens (tertiary/aromatic N) is 3. The molecule has 34 heavy (non-hydrogen) atoms. The SMILES string of the molecule is COc1cccc(-c2ccccc2C(=O)N2CC3CC(C2)CN(c2nc4ccccc4s2)C3)c1. The summed E-state index contributed by atoms with van der Waals surface area (Å²) in [5, 5.41) is 1.11. The number of amides is 1. The Hall–Kier alpha value is -3.38. The number of ether oxygens (including phenoxy) is 1. The van der Waals surface area contributed by atoms with E-state index in [1.54, 1.807) is 18.4 Å². The summed E-state index contributed by atoms with van der Waals surface area (Å²) in [4.78, 5) is 23.1. The Labute approximate surface area is 203 Å². The van der Waals surface area contributed by atoms with E-state index in [2.05, 4.69) is 28.0 Å². The van der Waals surface area contributed by atoms with Gasteiger partial charge in [0.05, 0.1) is 17.3 Å². The van der Waals surface area contributed by atoms with Gasteiger partial charge in [-0.3, -0.25) is 4.79 Å². The molecule has 2 aliphatic rings. The van der Waals surface area contributed by atoms with Crippen molar-refractivity contribution < 1.29 is 9.53 Å². The molecule has 2 unspecified atom stereocenters. The van der Waals surface area contributed by atoms with E-state index in [1.807, 2.05) is 54.6 Å². The van der Waals surface area contributed by atoms with Crippen molar-refractivity contribution in [2.75, 3.05) is 38.2 Å². The molecule has 2 atom stereocenters. The van der Waals surface area contributed by atoms with Crippen LogP contribution in [0.3, 0.4) is 0 Å². The molecular formula is C28H27N3O2S. The molecule has 1 aromatic heterocycles. The second kappa shape index (κ2) is 8.76. The van der Waals surface area contributed by atoms with Crippen LogP contribution in [0.4, 0.5) is 5.13 Å². The van der Waals surface area contributed by atoms with Gasteiger partial charge in [0.2, 0.25) is 0 Å². The molecule has 2 saturated heterocycles. The predicted octanol–water partition coefficient (Wildman–Crippen LogP) is 5.57. The van der Waals surface area contributed by atoms with Crippen molar-refractivity contribution in [2.24, 2.45) is 11.8 Å². The maximum atomic E-state index is 13.7. The second-order valence-corrected chi connectivity index (χ2v) is 10.3. The molecule has 0 aliphatic carbocycles. The zero-order valence-electron chi connectivity index (χ0n) is 19.2. The van der Waals surface area contributed by atoms with Gasteiger partial charge in [0.25, 0.3) is 5.91 Å². The van der Waals surface area contributed by atoms with E-state index >= 15 is 0 Å². The third-order valence-corrected chi connectivity index (χ3v) is 8.06. The zero-order valence-corrected chi connectivity index (χ0v) is 20.0. The number of anilines is 1. The molecule has 0 saturated carbocycles. The molecule has 4 aromatic rings. The Morgan fingerprint density at radius 2 is 1.71 bits per heavy atom. The molecule has 172 valence electrons. The van der Waals surface area contributed by atoms with Crippen LogP contribution in [0.15, 0.2) is 72.8 Å². The number of likely N-dealkylation sites (tertiary alicyclic amines) is 1. The fourth-order valence-electron chi connectivity index (χ4n) is 5.48. The number of hydrogen-bond donors (Lipinski definition) is 0. The van der Waals surface area contributed by atoms with Gasteiger partial charge >= 0.3 is 0 Å². The number of rotatable bonds is 4. The largest absolute Gasteiger partial charge is 0.497 e. The summed E-state index contributed by atoms with van der Waals surface area (Å²) in [6, 6.07) is 24.2. The first-order valence-corrected chi connectivity index (χ1v) is 12.6. The van der Waals surface area contributed by atoms with Gasteiger partial charge in [0.15, 0.2) is 5.13 Å². The van der Waals surface area contributed by atoms with E-state index in [9.17, 15) is 4.79 Å². The molecule has 3 heterocycles. The third-order valence-electron chi connectivity index (χ3n) is 6.96. The van der Waals surface area contributed by atoms with Crippen molar-refractivity contribution >= 4 is 32.6 Å². The van der Waals surface area contributed by atoms with Crippen LogP contribution in [-0.4, -0.2) is 49.1 Å². The van der Waals surface area contributed by atoms with Gasteiger partial charge < -0.3 is 14.5 Å². The summed E-state index contributed by atoms with van der Waals surface area (Å²) in [7, 11) is 1.67. The Kier molecular flexibility index (Phi) is 5.46. The molecule has 5 nitrogen and oxygen atoms in total. The number of methoxy groups -OCH3 is 1. The molecule has 0 spiro atoms. The van der Waals surface area contributed by atoms with Crippen LogP contribution in [0.25, 0.3) is 21.3 Å². The van der Waals surface area contributed by atoms with Crippen molar-refractivity contribution in [1.82, 2.24) is 9.88 Å². The molecule has 1 amide bonds. The Morgan fingerprint density at radius 1 is 0.941 bits per heavy atom. The van der Waals surface area contributed by atoms with Gasteiger partial charge in [-0.25, -0.2) is 4.98 Å². The third kappa shape index (κ3) is 3.92. The number of para-hydroxylation sites is 1. The molecule has 6 rings (SSSR count). The van der Waals surface area contributed by atoms with Crippen LogP contribution in [0.5, 0.6) is 5.75 Å². The predicted molar refractivity (Wildman–Crippen MR) is 138 cm³/mol. The minimum absolute atomic E-state index is 0.126. The van der Waals surface area contributed by atoms with E-state index in [1.165, 1.54) is 11.1 Å². The number of piperidine rings is 2. The lowest BCUT2D eigenvalue weighted by Gasteiger charge is -2.45. The highest BCUT2D eigenvalue weighted by Crippen LogP contribution is 2.36. The minimum Gasteiger partial charge on any atom is -0.497 e. The summed E-state index contributed by atoms with van der Waals surface area (Å²) < 4.78 is 6.64. The number of carbonyl (C=O) groups excluding carboxylic acids is 1. The number of aromatic nitrogens is 1. The average Bonchev–Trinajstić information content (AvgIpc) is 3.32. The van der Waals surface area contributed by atoms with Crippen molar-refractivity contribution in [3.8, 4) is 16.9 Å². The van der Waals surface area contributed by atoms with Crippen LogP contribution >= 0.6 is 11.3 Å². The van der Waals surface area contributed by atoms with Gasteiger partial charge in [0, 0.05) is 31.7 Å². The molecule has 0 radical (unpaired) electrons. The summed E-state index contributed by atoms with van der Waals surface area (Å²) in [6.07, 6.45) is 1.18. The Balaban J connectivity index is 1.22. The smallest absolute Gasteiger partial charge is 0.254 e. The Morgan fingerprint density at radius 3 is 2.50 bits per heavy atom. The van der Waals surface area contributed by atoms with E-state index in [0.29, 0.717) is 11.8 Å². The molecule has 3 aromatic carbocycles. The molecule has 2 bridgehead atoms. The summed E-state index contributed by atoms with van der Waals surface area (Å²) >= 11 is 1.77. The standard InChI is InChI=1S/C28H27N3O2S/c1-33-22-8-6-7-21(14-22)23-9-2-3-10-24(23)27(32)30-15-19-13-20(16-30)18-31(17-19)28-29-25-11-4-5-12-26(25)34-28/h2-12,14,19-20H,13,15-18H2,1H3. The number of carbonyl (C=O) groups is 1. The topological polar surface area (TPSA) is 45.7 Å². The monoisotopic (exact) mass is 469 g/mol. The zero-order chi connectivity index (χ0) is 23.1. The lowest BCUT2D eigenvalue weighted by atomic mass is 9.84. The van der Waals surface area contributed by atoms with Crippen molar-refractivity contribution in [3.63, 3.8) is 0 Å². The molecular weight excluding hydrogens is 442 g/mol. The first-order chi connectivity index (χ1) is 16.7. The fraction of sp³-hybridized carbons (Fsp3) is 0.286. The van der Waals surface area contributed by atoms with E-state index in [0.717, 1.165) is 59.3 Å². The van der Waals surface area contributed by atoms with Gasteiger partial charge in [-0.15, -0.1) is 0 Å².